The van der Waals surface area contributed by atoms with Gasteiger partial charge in [0.1, 0.15) is 5.69 Å². The largest absolute Gasteiger partial charge is 0.378 e. The Balaban J connectivity index is 2.10. The number of hydrogen-bond donors (Lipinski definition) is 1. The summed E-state index contributed by atoms with van der Waals surface area (Å²) in [7, 11) is 0. The molecule has 1 heterocycles. The van der Waals surface area contributed by atoms with Crippen LogP contribution in [0.5, 0.6) is 0 Å². The van der Waals surface area contributed by atoms with Crippen molar-refractivity contribution in [2.75, 3.05) is 23.4 Å². The first kappa shape index (κ1) is 12.5. The normalized spacial score (nSPS) is 19.2. The van der Waals surface area contributed by atoms with E-state index < -0.39 is 4.92 Å². The highest BCUT2D eigenvalue weighted by Crippen LogP contribution is 2.33. The Kier molecular flexibility index (Phi) is 4.12. The lowest BCUT2D eigenvalue weighted by Crippen LogP contribution is -2.14. The summed E-state index contributed by atoms with van der Waals surface area (Å²) in [6.07, 6.45) is 1.16. The monoisotopic (exact) mass is 272 g/mol. The molecule has 92 valence electrons. The molecule has 0 spiro atoms. The Morgan fingerprint density at radius 3 is 3.06 bits per heavy atom. The van der Waals surface area contributed by atoms with E-state index in [-0.39, 0.29) is 5.69 Å². The zero-order valence-electron chi connectivity index (χ0n) is 9.19. The summed E-state index contributed by atoms with van der Waals surface area (Å²) in [5, 5.41) is 14.4. The molecule has 1 N–H and O–H groups in total. The standard InChI is InChI=1S/C11H13ClN2O2S/c12-9-2-1-3-10(14(15)16)11(9)13-6-8-4-5-17-7-8/h1-3,8,13H,4-7H2. The van der Waals surface area contributed by atoms with Crippen LogP contribution in [0, 0.1) is 16.0 Å². The van der Waals surface area contributed by atoms with Crippen molar-refractivity contribution in [2.24, 2.45) is 5.92 Å². The Hall–Kier alpha value is -0.940. The lowest BCUT2D eigenvalue weighted by Gasteiger charge is -2.12. The maximum Gasteiger partial charge on any atom is 0.293 e. The lowest BCUT2D eigenvalue weighted by molar-refractivity contribution is -0.383. The molecule has 1 aliphatic heterocycles. The van der Waals surface area contributed by atoms with Crippen LogP contribution >= 0.6 is 23.4 Å². The predicted octanol–water partition coefficient (Wildman–Crippen LogP) is 3.41. The van der Waals surface area contributed by atoms with Crippen LogP contribution in [0.25, 0.3) is 0 Å². The van der Waals surface area contributed by atoms with Gasteiger partial charge in [0.2, 0.25) is 0 Å². The molecule has 1 atom stereocenters. The van der Waals surface area contributed by atoms with Gasteiger partial charge in [-0.1, -0.05) is 17.7 Å². The predicted molar refractivity (Wildman–Crippen MR) is 72.0 cm³/mol. The van der Waals surface area contributed by atoms with Crippen LogP contribution in [0.15, 0.2) is 18.2 Å². The third-order valence-electron chi connectivity index (χ3n) is 2.78. The first-order valence-corrected chi connectivity index (χ1v) is 6.96. The third-order valence-corrected chi connectivity index (χ3v) is 4.33. The van der Waals surface area contributed by atoms with E-state index in [1.165, 1.54) is 11.8 Å². The van der Waals surface area contributed by atoms with Crippen molar-refractivity contribution in [1.29, 1.82) is 0 Å². The summed E-state index contributed by atoms with van der Waals surface area (Å²) >= 11 is 7.91. The van der Waals surface area contributed by atoms with Gasteiger partial charge in [-0.25, -0.2) is 0 Å². The molecule has 1 unspecified atom stereocenters. The van der Waals surface area contributed by atoms with Gasteiger partial charge < -0.3 is 5.32 Å². The zero-order valence-corrected chi connectivity index (χ0v) is 10.8. The molecule has 6 heteroatoms. The molecule has 1 aromatic rings. The van der Waals surface area contributed by atoms with Gasteiger partial charge in [-0.2, -0.15) is 11.8 Å². The highest BCUT2D eigenvalue weighted by atomic mass is 35.5. The summed E-state index contributed by atoms with van der Waals surface area (Å²) in [4.78, 5) is 10.5. The molecule has 4 nitrogen and oxygen atoms in total. The minimum atomic E-state index is -0.405. The second-order valence-corrected chi connectivity index (χ2v) is 5.56. The van der Waals surface area contributed by atoms with Gasteiger partial charge in [0.05, 0.1) is 9.95 Å². The van der Waals surface area contributed by atoms with Gasteiger partial charge in [-0.05, 0) is 29.9 Å². The van der Waals surface area contributed by atoms with E-state index >= 15 is 0 Å². The maximum absolute atomic E-state index is 10.9. The molecular weight excluding hydrogens is 260 g/mol. The van der Waals surface area contributed by atoms with E-state index in [9.17, 15) is 10.1 Å². The van der Waals surface area contributed by atoms with E-state index in [1.807, 2.05) is 11.8 Å². The van der Waals surface area contributed by atoms with E-state index in [4.69, 9.17) is 11.6 Å². The van der Waals surface area contributed by atoms with Crippen LogP contribution in [0.3, 0.4) is 0 Å². The molecule has 0 aliphatic carbocycles. The van der Waals surface area contributed by atoms with Crippen molar-refractivity contribution >= 4 is 34.7 Å². The SMILES string of the molecule is O=[N+]([O-])c1cccc(Cl)c1NCC1CCSC1. The number of anilines is 1. The number of nitro benzene ring substituents is 1. The first-order chi connectivity index (χ1) is 8.18. The van der Waals surface area contributed by atoms with Crippen LogP contribution < -0.4 is 5.32 Å². The average Bonchev–Trinajstić information content (AvgIpc) is 2.80. The number of halogens is 1. The van der Waals surface area contributed by atoms with Gasteiger partial charge in [0.25, 0.3) is 5.69 Å². The van der Waals surface area contributed by atoms with Crippen LogP contribution in [0.1, 0.15) is 6.42 Å². The Bertz CT molecular complexity index is 422. The molecule has 1 aliphatic rings. The summed E-state index contributed by atoms with van der Waals surface area (Å²) in [6, 6.07) is 4.73. The van der Waals surface area contributed by atoms with Gasteiger partial charge in [0, 0.05) is 12.6 Å². The molecule has 0 amide bonds. The smallest absolute Gasteiger partial charge is 0.293 e. The van der Waals surface area contributed by atoms with E-state index in [1.54, 1.807) is 12.1 Å². The number of nitrogens with one attached hydrogen (secondary N) is 1. The topological polar surface area (TPSA) is 55.2 Å². The number of rotatable bonds is 4. The maximum atomic E-state index is 10.9. The number of benzene rings is 1. The molecule has 1 aromatic carbocycles. The number of nitrogens with zero attached hydrogens (tertiary/aromatic N) is 1. The molecule has 0 saturated carbocycles. The molecule has 0 bridgehead atoms. The van der Waals surface area contributed by atoms with Crippen LogP contribution in [-0.2, 0) is 0 Å². The fraction of sp³-hybridized carbons (Fsp3) is 0.455. The van der Waals surface area contributed by atoms with E-state index in [2.05, 4.69) is 5.32 Å². The molecule has 17 heavy (non-hydrogen) atoms. The summed E-state index contributed by atoms with van der Waals surface area (Å²) < 4.78 is 0. The van der Waals surface area contributed by atoms with Crippen molar-refractivity contribution in [3.63, 3.8) is 0 Å². The third kappa shape index (κ3) is 3.04. The molecule has 1 saturated heterocycles. The molecule has 0 radical (unpaired) electrons. The van der Waals surface area contributed by atoms with Crippen molar-refractivity contribution in [3.05, 3.63) is 33.3 Å². The summed E-state index contributed by atoms with van der Waals surface area (Å²) in [5.74, 6) is 2.87. The van der Waals surface area contributed by atoms with Crippen LogP contribution in [-0.4, -0.2) is 23.0 Å². The van der Waals surface area contributed by atoms with Gasteiger partial charge in [-0.3, -0.25) is 10.1 Å². The summed E-state index contributed by atoms with van der Waals surface area (Å²) in [5.41, 5.74) is 0.485. The highest BCUT2D eigenvalue weighted by molar-refractivity contribution is 7.99. The number of nitro groups is 1. The molecule has 0 aromatic heterocycles. The quantitative estimate of drug-likeness (QED) is 0.674. The fourth-order valence-corrected chi connectivity index (χ4v) is 3.35. The molecule has 2 rings (SSSR count). The van der Waals surface area contributed by atoms with Crippen molar-refractivity contribution < 1.29 is 4.92 Å². The Morgan fingerprint density at radius 1 is 1.59 bits per heavy atom. The fourth-order valence-electron chi connectivity index (χ4n) is 1.83. The van der Waals surface area contributed by atoms with Crippen molar-refractivity contribution in [3.8, 4) is 0 Å². The van der Waals surface area contributed by atoms with Crippen molar-refractivity contribution in [1.82, 2.24) is 0 Å². The minimum Gasteiger partial charge on any atom is -0.378 e. The van der Waals surface area contributed by atoms with Gasteiger partial charge in [0.15, 0.2) is 0 Å². The summed E-state index contributed by atoms with van der Waals surface area (Å²) in [6.45, 7) is 0.748. The van der Waals surface area contributed by atoms with Crippen LogP contribution in [0.4, 0.5) is 11.4 Å². The highest BCUT2D eigenvalue weighted by Gasteiger charge is 2.19. The number of thioether (sulfide) groups is 1. The zero-order chi connectivity index (χ0) is 12.3. The lowest BCUT2D eigenvalue weighted by atomic mass is 10.1. The average molecular weight is 273 g/mol. The van der Waals surface area contributed by atoms with Gasteiger partial charge in [-0.15, -0.1) is 0 Å². The number of para-hydroxylation sites is 1. The van der Waals surface area contributed by atoms with Gasteiger partial charge >= 0.3 is 0 Å². The second kappa shape index (κ2) is 5.60. The van der Waals surface area contributed by atoms with E-state index in [0.717, 1.165) is 18.7 Å². The van der Waals surface area contributed by atoms with E-state index in [0.29, 0.717) is 16.6 Å². The Morgan fingerprint density at radius 2 is 2.41 bits per heavy atom. The minimum absolute atomic E-state index is 0.0446. The molecule has 1 fully saturated rings. The Labute approximate surface area is 109 Å². The number of hydrogen-bond acceptors (Lipinski definition) is 4. The van der Waals surface area contributed by atoms with Crippen molar-refractivity contribution in [2.45, 2.75) is 6.42 Å². The first-order valence-electron chi connectivity index (χ1n) is 5.43. The second-order valence-electron chi connectivity index (χ2n) is 4.00. The van der Waals surface area contributed by atoms with Crippen LogP contribution in [0.2, 0.25) is 5.02 Å². The molecular formula is C11H13ClN2O2S.